The fourth-order valence-corrected chi connectivity index (χ4v) is 3.93. The van der Waals surface area contributed by atoms with Crippen molar-refractivity contribution in [1.82, 2.24) is 0 Å². The minimum Gasteiger partial charge on any atom is -0.395 e. The standard InChI is InChI=1S/C8H18O3Si/c1-4-9-8-6-7-12(3,11-8)10-5-2/h8H,4-7H2,1-3H3. The van der Waals surface area contributed by atoms with Crippen molar-refractivity contribution in [3.63, 3.8) is 0 Å². The predicted octanol–water partition coefficient (Wildman–Crippen LogP) is 1.88. The van der Waals surface area contributed by atoms with Gasteiger partial charge in [-0.3, -0.25) is 0 Å². The van der Waals surface area contributed by atoms with Crippen LogP contribution in [-0.2, 0) is 13.6 Å². The van der Waals surface area contributed by atoms with Crippen molar-refractivity contribution in [2.24, 2.45) is 0 Å². The fourth-order valence-electron chi connectivity index (χ4n) is 1.49. The van der Waals surface area contributed by atoms with Crippen LogP contribution >= 0.6 is 0 Å². The molecule has 2 unspecified atom stereocenters. The lowest BCUT2D eigenvalue weighted by atomic mass is 10.5. The largest absolute Gasteiger partial charge is 0.395 e. The van der Waals surface area contributed by atoms with Crippen molar-refractivity contribution in [2.75, 3.05) is 13.2 Å². The van der Waals surface area contributed by atoms with Crippen LogP contribution in [0.25, 0.3) is 0 Å². The van der Waals surface area contributed by atoms with Gasteiger partial charge >= 0.3 is 8.56 Å². The lowest BCUT2D eigenvalue weighted by Gasteiger charge is -2.21. The van der Waals surface area contributed by atoms with Gasteiger partial charge in [-0.2, -0.15) is 0 Å². The second-order valence-electron chi connectivity index (χ2n) is 3.11. The Balaban J connectivity index is 2.32. The molecule has 0 amide bonds. The van der Waals surface area contributed by atoms with Crippen molar-refractivity contribution >= 4 is 8.56 Å². The van der Waals surface area contributed by atoms with Crippen molar-refractivity contribution in [1.29, 1.82) is 0 Å². The van der Waals surface area contributed by atoms with Gasteiger partial charge in [0, 0.05) is 13.2 Å². The summed E-state index contributed by atoms with van der Waals surface area (Å²) in [5.74, 6) is 0. The summed E-state index contributed by atoms with van der Waals surface area (Å²) in [5, 5.41) is 0. The Kier molecular flexibility index (Phi) is 3.70. The van der Waals surface area contributed by atoms with E-state index in [9.17, 15) is 0 Å². The number of ether oxygens (including phenoxy) is 1. The Morgan fingerprint density at radius 1 is 1.42 bits per heavy atom. The summed E-state index contributed by atoms with van der Waals surface area (Å²) in [6.07, 6.45) is 0.995. The monoisotopic (exact) mass is 190 g/mol. The molecular formula is C8H18O3Si. The molecule has 1 fully saturated rings. The van der Waals surface area contributed by atoms with Crippen molar-refractivity contribution < 1.29 is 13.6 Å². The molecule has 0 aromatic rings. The molecule has 1 heterocycles. The van der Waals surface area contributed by atoms with Gasteiger partial charge in [0.1, 0.15) is 6.29 Å². The normalized spacial score (nSPS) is 35.8. The van der Waals surface area contributed by atoms with Gasteiger partial charge in [-0.1, -0.05) is 0 Å². The highest BCUT2D eigenvalue weighted by atomic mass is 28.4. The number of hydrogen-bond donors (Lipinski definition) is 0. The van der Waals surface area contributed by atoms with Gasteiger partial charge in [-0.25, -0.2) is 0 Å². The smallest absolute Gasteiger partial charge is 0.337 e. The molecule has 1 aliphatic heterocycles. The third-order valence-electron chi connectivity index (χ3n) is 2.02. The first-order chi connectivity index (χ1) is 5.70. The van der Waals surface area contributed by atoms with Crippen LogP contribution < -0.4 is 0 Å². The summed E-state index contributed by atoms with van der Waals surface area (Å²) in [7, 11) is -1.81. The highest BCUT2D eigenvalue weighted by Crippen LogP contribution is 2.28. The van der Waals surface area contributed by atoms with Gasteiger partial charge in [0.2, 0.25) is 0 Å². The molecule has 0 saturated carbocycles. The van der Waals surface area contributed by atoms with Gasteiger partial charge in [0.15, 0.2) is 0 Å². The van der Waals surface area contributed by atoms with Crippen LogP contribution in [0.3, 0.4) is 0 Å². The number of rotatable bonds is 4. The second kappa shape index (κ2) is 4.37. The fraction of sp³-hybridized carbons (Fsp3) is 1.00. The Hall–Kier alpha value is 0.0969. The van der Waals surface area contributed by atoms with E-state index >= 15 is 0 Å². The molecule has 1 rings (SSSR count). The third kappa shape index (κ3) is 2.55. The van der Waals surface area contributed by atoms with Crippen molar-refractivity contribution in [3.8, 4) is 0 Å². The molecule has 0 bridgehead atoms. The zero-order valence-corrected chi connectivity index (χ0v) is 9.13. The zero-order valence-electron chi connectivity index (χ0n) is 8.13. The summed E-state index contributed by atoms with van der Waals surface area (Å²) in [5.41, 5.74) is 0. The molecule has 3 nitrogen and oxygen atoms in total. The van der Waals surface area contributed by atoms with Gasteiger partial charge in [-0.05, 0) is 32.9 Å². The molecule has 4 heteroatoms. The molecule has 2 atom stereocenters. The van der Waals surface area contributed by atoms with Crippen LogP contribution in [0, 0.1) is 0 Å². The van der Waals surface area contributed by atoms with Crippen molar-refractivity contribution in [3.05, 3.63) is 0 Å². The van der Waals surface area contributed by atoms with Crippen LogP contribution in [0.5, 0.6) is 0 Å². The van der Waals surface area contributed by atoms with Gasteiger partial charge in [-0.15, -0.1) is 0 Å². The van der Waals surface area contributed by atoms with Crippen molar-refractivity contribution in [2.45, 2.75) is 39.1 Å². The Morgan fingerprint density at radius 2 is 2.17 bits per heavy atom. The Labute approximate surface area is 75.3 Å². The van der Waals surface area contributed by atoms with E-state index in [1.54, 1.807) is 0 Å². The first kappa shape index (κ1) is 10.2. The molecule has 0 spiro atoms. The quantitative estimate of drug-likeness (QED) is 0.633. The van der Waals surface area contributed by atoms with Crippen LogP contribution in [0.1, 0.15) is 20.3 Å². The Bertz CT molecular complexity index is 142. The minimum absolute atomic E-state index is 0.00165. The first-order valence-corrected chi connectivity index (χ1v) is 7.16. The molecule has 0 aliphatic carbocycles. The maximum Gasteiger partial charge on any atom is 0.337 e. The average Bonchev–Trinajstić information content (AvgIpc) is 2.34. The maximum absolute atomic E-state index is 5.72. The SMILES string of the molecule is CCOC1CC[Si](C)(OCC)O1. The van der Waals surface area contributed by atoms with E-state index in [-0.39, 0.29) is 6.29 Å². The van der Waals surface area contributed by atoms with Gasteiger partial charge < -0.3 is 13.6 Å². The highest BCUT2D eigenvalue weighted by Gasteiger charge is 2.40. The van der Waals surface area contributed by atoms with E-state index in [1.807, 2.05) is 13.8 Å². The van der Waals surface area contributed by atoms with Crippen LogP contribution in [-0.4, -0.2) is 28.1 Å². The third-order valence-corrected chi connectivity index (χ3v) is 4.87. The van der Waals surface area contributed by atoms with E-state index in [0.717, 1.165) is 25.7 Å². The van der Waals surface area contributed by atoms with E-state index in [0.29, 0.717) is 0 Å². The average molecular weight is 190 g/mol. The zero-order chi connectivity index (χ0) is 9.03. The molecule has 0 N–H and O–H groups in total. The molecule has 1 saturated heterocycles. The molecular weight excluding hydrogens is 172 g/mol. The lowest BCUT2D eigenvalue weighted by molar-refractivity contribution is -0.0762. The molecule has 72 valence electrons. The summed E-state index contributed by atoms with van der Waals surface area (Å²) >= 11 is 0. The first-order valence-electron chi connectivity index (χ1n) is 4.63. The summed E-state index contributed by atoms with van der Waals surface area (Å²) in [4.78, 5) is 0. The summed E-state index contributed by atoms with van der Waals surface area (Å²) < 4.78 is 16.7. The van der Waals surface area contributed by atoms with Gasteiger partial charge in [0.25, 0.3) is 0 Å². The highest BCUT2D eigenvalue weighted by molar-refractivity contribution is 6.66. The van der Waals surface area contributed by atoms with Gasteiger partial charge in [0.05, 0.1) is 0 Å². The number of hydrogen-bond acceptors (Lipinski definition) is 3. The van der Waals surface area contributed by atoms with Crippen LogP contribution in [0.2, 0.25) is 12.6 Å². The van der Waals surface area contributed by atoms with E-state index in [2.05, 4.69) is 6.55 Å². The van der Waals surface area contributed by atoms with E-state index < -0.39 is 8.56 Å². The minimum atomic E-state index is -1.81. The Morgan fingerprint density at radius 3 is 2.75 bits per heavy atom. The predicted molar refractivity (Wildman–Crippen MR) is 49.2 cm³/mol. The summed E-state index contributed by atoms with van der Waals surface area (Å²) in [6, 6.07) is 1.06. The maximum atomic E-state index is 5.72. The van der Waals surface area contributed by atoms with E-state index in [4.69, 9.17) is 13.6 Å². The molecule has 1 aliphatic rings. The molecule has 0 aromatic carbocycles. The van der Waals surface area contributed by atoms with Crippen LogP contribution in [0.15, 0.2) is 0 Å². The molecule has 0 radical (unpaired) electrons. The van der Waals surface area contributed by atoms with E-state index in [1.165, 1.54) is 0 Å². The topological polar surface area (TPSA) is 27.7 Å². The van der Waals surface area contributed by atoms with Crippen LogP contribution in [0.4, 0.5) is 0 Å². The lowest BCUT2D eigenvalue weighted by Crippen LogP contribution is -2.35. The molecule has 12 heavy (non-hydrogen) atoms. The summed E-state index contributed by atoms with van der Waals surface area (Å²) in [6.45, 7) is 7.58. The molecule has 0 aromatic heterocycles. The second-order valence-corrected chi connectivity index (χ2v) is 6.40.